The van der Waals surface area contributed by atoms with Crippen LogP contribution in [0.25, 0.3) is 21.8 Å². The maximum atomic E-state index is 12.5. The number of aromatic nitrogens is 2. The van der Waals surface area contributed by atoms with Crippen molar-refractivity contribution in [1.82, 2.24) is 9.97 Å². The van der Waals surface area contributed by atoms with Crippen LogP contribution in [0.2, 0.25) is 0 Å². The first-order valence-electron chi connectivity index (χ1n) is 7.05. The summed E-state index contributed by atoms with van der Waals surface area (Å²) < 4.78 is 0. The molecule has 0 atom stereocenters. The van der Waals surface area contributed by atoms with Crippen LogP contribution in [0.4, 0.5) is 5.95 Å². The van der Waals surface area contributed by atoms with Crippen LogP contribution >= 0.6 is 0 Å². The molecular weight excluding hydrogens is 274 g/mol. The SMILES string of the molecule is O=C(Nc1nc2ccccc2[nH]1)c1cccc2ccccc12. The summed E-state index contributed by atoms with van der Waals surface area (Å²) >= 11 is 0. The Kier molecular flexibility index (Phi) is 2.86. The second kappa shape index (κ2) is 5.00. The molecule has 4 nitrogen and oxygen atoms in total. The molecule has 0 saturated heterocycles. The molecule has 0 unspecified atom stereocenters. The summed E-state index contributed by atoms with van der Waals surface area (Å²) in [6, 6.07) is 21.2. The lowest BCUT2D eigenvalue weighted by Gasteiger charge is -2.06. The molecular formula is C18H13N3O. The zero-order valence-electron chi connectivity index (χ0n) is 11.7. The van der Waals surface area contributed by atoms with E-state index in [9.17, 15) is 4.79 Å². The van der Waals surface area contributed by atoms with Crippen molar-refractivity contribution < 1.29 is 4.79 Å². The van der Waals surface area contributed by atoms with Crippen LogP contribution in [-0.2, 0) is 0 Å². The van der Waals surface area contributed by atoms with Gasteiger partial charge in [0, 0.05) is 5.56 Å². The van der Waals surface area contributed by atoms with Crippen molar-refractivity contribution in [3.05, 3.63) is 72.3 Å². The highest BCUT2D eigenvalue weighted by Crippen LogP contribution is 2.20. The van der Waals surface area contributed by atoms with Gasteiger partial charge in [0.15, 0.2) is 0 Å². The number of aromatic amines is 1. The van der Waals surface area contributed by atoms with Gasteiger partial charge >= 0.3 is 0 Å². The zero-order chi connectivity index (χ0) is 14.9. The molecule has 0 aliphatic carbocycles. The van der Waals surface area contributed by atoms with Gasteiger partial charge in [-0.05, 0) is 29.0 Å². The van der Waals surface area contributed by atoms with E-state index < -0.39 is 0 Å². The lowest BCUT2D eigenvalue weighted by Crippen LogP contribution is -2.13. The van der Waals surface area contributed by atoms with E-state index in [1.54, 1.807) is 0 Å². The standard InChI is InChI=1S/C18H13N3O/c22-17(14-9-5-7-12-6-1-2-8-13(12)14)21-18-19-15-10-3-4-11-16(15)20-18/h1-11H,(H2,19,20,21,22). The molecule has 1 aromatic heterocycles. The Balaban J connectivity index is 1.71. The number of amides is 1. The second-order valence-electron chi connectivity index (χ2n) is 5.08. The first-order chi connectivity index (χ1) is 10.8. The number of benzene rings is 3. The Morgan fingerprint density at radius 3 is 2.59 bits per heavy atom. The highest BCUT2D eigenvalue weighted by atomic mass is 16.1. The van der Waals surface area contributed by atoms with Crippen molar-refractivity contribution in [2.45, 2.75) is 0 Å². The average Bonchev–Trinajstić information content (AvgIpc) is 2.96. The van der Waals surface area contributed by atoms with Crippen LogP contribution in [0.1, 0.15) is 10.4 Å². The van der Waals surface area contributed by atoms with Gasteiger partial charge in [0.2, 0.25) is 5.95 Å². The molecule has 106 valence electrons. The lowest BCUT2D eigenvalue weighted by atomic mass is 10.0. The summed E-state index contributed by atoms with van der Waals surface area (Å²) in [4.78, 5) is 20.0. The molecule has 4 rings (SSSR count). The molecule has 1 heterocycles. The van der Waals surface area contributed by atoms with Crippen LogP contribution in [0.3, 0.4) is 0 Å². The highest BCUT2D eigenvalue weighted by molar-refractivity contribution is 6.12. The minimum absolute atomic E-state index is 0.171. The third kappa shape index (κ3) is 2.11. The monoisotopic (exact) mass is 287 g/mol. The van der Waals surface area contributed by atoms with Crippen molar-refractivity contribution >= 4 is 33.7 Å². The fraction of sp³-hybridized carbons (Fsp3) is 0. The van der Waals surface area contributed by atoms with E-state index in [2.05, 4.69) is 15.3 Å². The predicted octanol–water partition coefficient (Wildman–Crippen LogP) is 3.97. The summed E-state index contributed by atoms with van der Waals surface area (Å²) in [6.45, 7) is 0. The molecule has 22 heavy (non-hydrogen) atoms. The van der Waals surface area contributed by atoms with E-state index in [-0.39, 0.29) is 5.91 Å². The molecule has 0 spiro atoms. The number of para-hydroxylation sites is 2. The number of nitrogens with zero attached hydrogens (tertiary/aromatic N) is 1. The van der Waals surface area contributed by atoms with E-state index in [1.807, 2.05) is 66.7 Å². The van der Waals surface area contributed by atoms with Crippen molar-refractivity contribution in [3.63, 3.8) is 0 Å². The molecule has 0 aliphatic heterocycles. The smallest absolute Gasteiger partial charge is 0.258 e. The van der Waals surface area contributed by atoms with Gasteiger partial charge in [0.25, 0.3) is 5.91 Å². The number of H-pyrrole nitrogens is 1. The Labute approximate surface area is 126 Å². The van der Waals surface area contributed by atoms with Crippen molar-refractivity contribution in [1.29, 1.82) is 0 Å². The Morgan fingerprint density at radius 1 is 0.909 bits per heavy atom. The molecule has 1 amide bonds. The fourth-order valence-electron chi connectivity index (χ4n) is 2.61. The fourth-order valence-corrected chi connectivity index (χ4v) is 2.61. The molecule has 0 aliphatic rings. The van der Waals surface area contributed by atoms with Gasteiger partial charge in [0.1, 0.15) is 0 Å². The largest absolute Gasteiger partial charge is 0.324 e. The van der Waals surface area contributed by atoms with Crippen LogP contribution in [-0.4, -0.2) is 15.9 Å². The summed E-state index contributed by atoms with van der Waals surface area (Å²) in [7, 11) is 0. The van der Waals surface area contributed by atoms with Gasteiger partial charge in [0.05, 0.1) is 11.0 Å². The van der Waals surface area contributed by atoms with Gasteiger partial charge in [-0.25, -0.2) is 4.98 Å². The normalized spacial score (nSPS) is 10.9. The molecule has 0 fully saturated rings. The summed E-state index contributed by atoms with van der Waals surface area (Å²) in [6.07, 6.45) is 0. The maximum absolute atomic E-state index is 12.5. The number of imidazole rings is 1. The van der Waals surface area contributed by atoms with E-state index in [0.717, 1.165) is 21.8 Å². The first-order valence-corrected chi connectivity index (χ1v) is 7.05. The van der Waals surface area contributed by atoms with Crippen molar-refractivity contribution in [2.75, 3.05) is 5.32 Å². The Hall–Kier alpha value is -3.14. The van der Waals surface area contributed by atoms with E-state index in [0.29, 0.717) is 11.5 Å². The molecule has 0 saturated carbocycles. The van der Waals surface area contributed by atoms with Gasteiger partial charge in [-0.1, -0.05) is 48.5 Å². The predicted molar refractivity (Wildman–Crippen MR) is 88.0 cm³/mol. The van der Waals surface area contributed by atoms with Gasteiger partial charge in [-0.2, -0.15) is 0 Å². The van der Waals surface area contributed by atoms with Crippen molar-refractivity contribution in [2.24, 2.45) is 0 Å². The summed E-state index contributed by atoms with van der Waals surface area (Å²) in [5.74, 6) is 0.287. The lowest BCUT2D eigenvalue weighted by molar-refractivity contribution is 0.102. The highest BCUT2D eigenvalue weighted by Gasteiger charge is 2.11. The first kappa shape index (κ1) is 12.6. The number of rotatable bonds is 2. The molecule has 3 aromatic carbocycles. The van der Waals surface area contributed by atoms with Gasteiger partial charge < -0.3 is 4.98 Å². The second-order valence-corrected chi connectivity index (χ2v) is 5.08. The van der Waals surface area contributed by atoms with Gasteiger partial charge in [-0.3, -0.25) is 10.1 Å². The number of carbonyl (C=O) groups excluding carboxylic acids is 1. The number of hydrogen-bond donors (Lipinski definition) is 2. The van der Waals surface area contributed by atoms with E-state index in [1.165, 1.54) is 0 Å². The maximum Gasteiger partial charge on any atom is 0.258 e. The van der Waals surface area contributed by atoms with Crippen molar-refractivity contribution in [3.8, 4) is 0 Å². The molecule has 0 bridgehead atoms. The third-order valence-electron chi connectivity index (χ3n) is 3.66. The van der Waals surface area contributed by atoms with E-state index >= 15 is 0 Å². The molecule has 2 N–H and O–H groups in total. The van der Waals surface area contributed by atoms with Crippen LogP contribution < -0.4 is 5.32 Å². The Bertz CT molecular complexity index is 949. The quantitative estimate of drug-likeness (QED) is 0.586. The van der Waals surface area contributed by atoms with Crippen LogP contribution in [0.15, 0.2) is 66.7 Å². The van der Waals surface area contributed by atoms with Crippen LogP contribution in [0, 0.1) is 0 Å². The molecule has 0 radical (unpaired) electrons. The average molecular weight is 287 g/mol. The minimum Gasteiger partial charge on any atom is -0.324 e. The molecule has 4 heteroatoms. The number of nitrogens with one attached hydrogen (secondary N) is 2. The topological polar surface area (TPSA) is 57.8 Å². The number of anilines is 1. The third-order valence-corrected chi connectivity index (χ3v) is 3.66. The number of carbonyl (C=O) groups is 1. The van der Waals surface area contributed by atoms with Gasteiger partial charge in [-0.15, -0.1) is 0 Å². The number of fused-ring (bicyclic) bond motifs is 2. The minimum atomic E-state index is -0.171. The number of hydrogen-bond acceptors (Lipinski definition) is 2. The van der Waals surface area contributed by atoms with E-state index in [4.69, 9.17) is 0 Å². The molecule has 4 aromatic rings. The Morgan fingerprint density at radius 2 is 1.68 bits per heavy atom. The van der Waals surface area contributed by atoms with Crippen LogP contribution in [0.5, 0.6) is 0 Å². The zero-order valence-corrected chi connectivity index (χ0v) is 11.7. The summed E-state index contributed by atoms with van der Waals surface area (Å²) in [5, 5.41) is 4.80. The summed E-state index contributed by atoms with van der Waals surface area (Å²) in [5.41, 5.74) is 2.37.